The number of hydrogen-bond acceptors (Lipinski definition) is 3. The number of carbonyl (C=O) groups is 1. The predicted molar refractivity (Wildman–Crippen MR) is 112 cm³/mol. The van der Waals surface area contributed by atoms with Gasteiger partial charge in [0.1, 0.15) is 10.6 Å². The Morgan fingerprint density at radius 3 is 2.64 bits per heavy atom. The summed E-state index contributed by atoms with van der Waals surface area (Å²) in [6.07, 6.45) is 1.88. The van der Waals surface area contributed by atoms with Crippen LogP contribution in [0.1, 0.15) is 11.1 Å². The lowest BCUT2D eigenvalue weighted by molar-refractivity contribution is -0.116. The van der Waals surface area contributed by atoms with Crippen LogP contribution in [0.4, 0.5) is 15.8 Å². The largest absolute Gasteiger partial charge is 0.354 e. The summed E-state index contributed by atoms with van der Waals surface area (Å²) >= 11 is 7.65. The van der Waals surface area contributed by atoms with Crippen LogP contribution in [0.3, 0.4) is 0 Å². The van der Waals surface area contributed by atoms with Crippen molar-refractivity contribution in [3.63, 3.8) is 0 Å². The Morgan fingerprint density at radius 1 is 0.929 bits per heavy atom. The molecular weight excluding hydrogens is 395 g/mol. The van der Waals surface area contributed by atoms with E-state index in [9.17, 15) is 9.18 Å². The first-order valence-corrected chi connectivity index (χ1v) is 9.90. The Morgan fingerprint density at radius 2 is 1.79 bits per heavy atom. The van der Waals surface area contributed by atoms with Crippen molar-refractivity contribution >= 4 is 46.3 Å². The van der Waals surface area contributed by atoms with Gasteiger partial charge in [-0.2, -0.15) is 0 Å². The van der Waals surface area contributed by atoms with Crippen molar-refractivity contribution in [1.82, 2.24) is 0 Å². The molecule has 6 heteroatoms. The van der Waals surface area contributed by atoms with Gasteiger partial charge < -0.3 is 10.6 Å². The zero-order chi connectivity index (χ0) is 19.3. The molecule has 2 aliphatic heterocycles. The molecule has 0 radical (unpaired) electrons. The van der Waals surface area contributed by atoms with E-state index >= 15 is 0 Å². The standard InChI is InChI=1S/C22H14ClFN2OS/c23-14-8-9-18-20(11-14)28-22(16-6-1-2-7-17(16)26-21(22)27)12-19(25-18)13-4-3-5-15(24)10-13/h1-12,25H,(H,26,27). The molecule has 2 N–H and O–H groups in total. The van der Waals surface area contributed by atoms with E-state index in [0.29, 0.717) is 16.3 Å². The zero-order valence-electron chi connectivity index (χ0n) is 14.5. The van der Waals surface area contributed by atoms with Crippen LogP contribution in [-0.4, -0.2) is 5.91 Å². The van der Waals surface area contributed by atoms with E-state index < -0.39 is 4.75 Å². The quantitative estimate of drug-likeness (QED) is 0.527. The molecule has 5 rings (SSSR count). The summed E-state index contributed by atoms with van der Waals surface area (Å²) in [5.74, 6) is -0.471. The van der Waals surface area contributed by atoms with E-state index in [2.05, 4.69) is 10.6 Å². The lowest BCUT2D eigenvalue weighted by Gasteiger charge is -2.22. The van der Waals surface area contributed by atoms with Gasteiger partial charge in [0.15, 0.2) is 0 Å². The smallest absolute Gasteiger partial charge is 0.249 e. The minimum Gasteiger partial charge on any atom is -0.354 e. The van der Waals surface area contributed by atoms with Crippen molar-refractivity contribution in [2.24, 2.45) is 0 Å². The SMILES string of the molecule is O=C1Nc2ccccc2C12C=C(c1cccc(F)c1)Nc1ccc(Cl)cc1S2. The van der Waals surface area contributed by atoms with Crippen molar-refractivity contribution in [3.8, 4) is 0 Å². The Hall–Kier alpha value is -2.76. The number of benzene rings is 3. The number of fused-ring (bicyclic) bond motifs is 3. The number of nitrogens with one attached hydrogen (secondary N) is 2. The number of anilines is 2. The lowest BCUT2D eigenvalue weighted by Crippen LogP contribution is -2.29. The van der Waals surface area contributed by atoms with Crippen LogP contribution in [0.2, 0.25) is 5.02 Å². The Labute approximate surface area is 170 Å². The van der Waals surface area contributed by atoms with Gasteiger partial charge in [-0.1, -0.05) is 53.7 Å². The highest BCUT2D eigenvalue weighted by atomic mass is 35.5. The van der Waals surface area contributed by atoms with E-state index in [4.69, 9.17) is 11.6 Å². The molecule has 138 valence electrons. The molecule has 1 atom stereocenters. The van der Waals surface area contributed by atoms with Gasteiger partial charge in [-0.3, -0.25) is 4.79 Å². The summed E-state index contributed by atoms with van der Waals surface area (Å²) in [6, 6.07) is 19.5. The summed E-state index contributed by atoms with van der Waals surface area (Å²) in [7, 11) is 0. The third-order valence-corrected chi connectivity index (χ3v) is 6.52. The fourth-order valence-electron chi connectivity index (χ4n) is 3.58. The molecule has 1 spiro atoms. The maximum Gasteiger partial charge on any atom is 0.249 e. The number of thioether (sulfide) groups is 1. The van der Waals surface area contributed by atoms with Crippen LogP contribution in [0.15, 0.2) is 77.7 Å². The number of hydrogen-bond donors (Lipinski definition) is 2. The van der Waals surface area contributed by atoms with Crippen LogP contribution in [0, 0.1) is 5.82 Å². The van der Waals surface area contributed by atoms with Crippen LogP contribution < -0.4 is 10.6 Å². The van der Waals surface area contributed by atoms with Crippen molar-refractivity contribution < 1.29 is 9.18 Å². The summed E-state index contributed by atoms with van der Waals surface area (Å²) in [5, 5.41) is 6.93. The zero-order valence-corrected chi connectivity index (χ0v) is 16.1. The lowest BCUT2D eigenvalue weighted by atomic mass is 9.96. The molecule has 28 heavy (non-hydrogen) atoms. The summed E-state index contributed by atoms with van der Waals surface area (Å²) in [6.45, 7) is 0. The number of para-hydroxylation sites is 1. The van der Waals surface area contributed by atoms with Crippen molar-refractivity contribution in [2.45, 2.75) is 9.64 Å². The van der Waals surface area contributed by atoms with Crippen molar-refractivity contribution in [2.75, 3.05) is 10.6 Å². The molecule has 1 amide bonds. The molecular formula is C22H14ClFN2OS. The van der Waals surface area contributed by atoms with Gasteiger partial charge in [0.05, 0.1) is 5.69 Å². The highest BCUT2D eigenvalue weighted by Gasteiger charge is 2.48. The molecule has 0 aliphatic carbocycles. The van der Waals surface area contributed by atoms with Gasteiger partial charge in [0.2, 0.25) is 5.91 Å². The van der Waals surface area contributed by atoms with Crippen LogP contribution in [-0.2, 0) is 9.54 Å². The molecule has 3 aromatic rings. The molecule has 0 saturated carbocycles. The van der Waals surface area contributed by atoms with Crippen molar-refractivity contribution in [3.05, 3.63) is 94.8 Å². The number of halogens is 2. The first kappa shape index (κ1) is 17.3. The minimum atomic E-state index is -0.985. The Kier molecular flexibility index (Phi) is 3.96. The van der Waals surface area contributed by atoms with Gasteiger partial charge in [-0.25, -0.2) is 4.39 Å². The van der Waals surface area contributed by atoms with Crippen LogP contribution >= 0.6 is 23.4 Å². The number of amides is 1. The molecule has 3 nitrogen and oxygen atoms in total. The topological polar surface area (TPSA) is 41.1 Å². The van der Waals surface area contributed by atoms with E-state index in [-0.39, 0.29) is 11.7 Å². The summed E-state index contributed by atoms with van der Waals surface area (Å²) < 4.78 is 12.9. The Bertz CT molecular complexity index is 1160. The van der Waals surface area contributed by atoms with Gasteiger partial charge >= 0.3 is 0 Å². The molecule has 0 fully saturated rings. The fraction of sp³-hybridized carbons (Fsp3) is 0.0455. The van der Waals surface area contributed by atoms with E-state index in [1.807, 2.05) is 48.5 Å². The average molecular weight is 409 g/mol. The number of rotatable bonds is 1. The monoisotopic (exact) mass is 408 g/mol. The van der Waals surface area contributed by atoms with Gasteiger partial charge in [-0.05, 0) is 42.5 Å². The second-order valence-electron chi connectivity index (χ2n) is 6.67. The molecule has 1 unspecified atom stereocenters. The molecule has 0 aromatic heterocycles. The van der Waals surface area contributed by atoms with E-state index in [1.165, 1.54) is 23.9 Å². The third-order valence-electron chi connectivity index (χ3n) is 4.88. The van der Waals surface area contributed by atoms with Crippen molar-refractivity contribution in [1.29, 1.82) is 0 Å². The highest BCUT2D eigenvalue weighted by Crippen LogP contribution is 2.54. The van der Waals surface area contributed by atoms with Gasteiger partial charge in [-0.15, -0.1) is 0 Å². The fourth-order valence-corrected chi connectivity index (χ4v) is 5.19. The second-order valence-corrected chi connectivity index (χ2v) is 8.40. The maximum absolute atomic E-state index is 13.9. The minimum absolute atomic E-state index is 0.137. The van der Waals surface area contributed by atoms with Crippen LogP contribution in [0.5, 0.6) is 0 Å². The summed E-state index contributed by atoms with van der Waals surface area (Å²) in [4.78, 5) is 14.0. The number of carbonyl (C=O) groups excluding carboxylic acids is 1. The van der Waals surface area contributed by atoms with Gasteiger partial charge in [0, 0.05) is 32.4 Å². The first-order chi connectivity index (χ1) is 13.5. The van der Waals surface area contributed by atoms with Gasteiger partial charge in [0.25, 0.3) is 0 Å². The van der Waals surface area contributed by atoms with E-state index in [1.54, 1.807) is 12.1 Å². The van der Waals surface area contributed by atoms with E-state index in [0.717, 1.165) is 21.8 Å². The normalized spacial score (nSPS) is 19.9. The molecule has 3 aromatic carbocycles. The highest BCUT2D eigenvalue weighted by molar-refractivity contribution is 8.01. The molecule has 2 aliphatic rings. The Balaban J connectivity index is 1.78. The van der Waals surface area contributed by atoms with Crippen LogP contribution in [0.25, 0.3) is 5.70 Å². The third kappa shape index (κ3) is 2.70. The molecule has 2 heterocycles. The average Bonchev–Trinajstić information content (AvgIpc) is 2.84. The summed E-state index contributed by atoms with van der Waals surface area (Å²) in [5.41, 5.74) is 3.80. The molecule has 0 saturated heterocycles. The maximum atomic E-state index is 13.9. The predicted octanol–water partition coefficient (Wildman–Crippen LogP) is 5.89. The second kappa shape index (κ2) is 6.40. The first-order valence-electron chi connectivity index (χ1n) is 8.70. The molecule has 0 bridgehead atoms.